The molecule has 0 saturated carbocycles. The van der Waals surface area contributed by atoms with Crippen LogP contribution in [0.25, 0.3) is 16.6 Å². The van der Waals surface area contributed by atoms with Gasteiger partial charge in [0.05, 0.1) is 16.9 Å². The molecule has 0 spiro atoms. The molecular weight excluding hydrogens is 391 g/mol. The van der Waals surface area contributed by atoms with Gasteiger partial charge in [0.25, 0.3) is 0 Å². The van der Waals surface area contributed by atoms with Crippen LogP contribution < -0.4 is 15.8 Å². The van der Waals surface area contributed by atoms with E-state index in [1.165, 1.54) is 24.4 Å². The third-order valence-corrected chi connectivity index (χ3v) is 4.33. The summed E-state index contributed by atoms with van der Waals surface area (Å²) in [4.78, 5) is 4.52. The Morgan fingerprint density at radius 1 is 0.900 bits per heavy atom. The highest BCUT2D eigenvalue weighted by Gasteiger charge is 2.08. The van der Waals surface area contributed by atoms with Crippen LogP contribution in [0.4, 0.5) is 18.9 Å². The van der Waals surface area contributed by atoms with E-state index >= 15 is 0 Å². The second-order valence-electron chi connectivity index (χ2n) is 6.45. The van der Waals surface area contributed by atoms with Gasteiger partial charge in [-0.2, -0.15) is 0 Å². The largest absolute Gasteiger partial charge is 0.457 e. The number of rotatable bonds is 5. The number of ether oxygens (including phenoxy) is 1. The Morgan fingerprint density at radius 3 is 2.53 bits per heavy atom. The van der Waals surface area contributed by atoms with Crippen molar-refractivity contribution in [1.29, 1.82) is 0 Å². The monoisotopic (exact) mass is 407 g/mol. The fourth-order valence-electron chi connectivity index (χ4n) is 2.85. The summed E-state index contributed by atoms with van der Waals surface area (Å²) in [5.74, 6) is -1.37. The molecule has 3 aromatic carbocycles. The van der Waals surface area contributed by atoms with Gasteiger partial charge in [-0.15, -0.1) is 0 Å². The van der Waals surface area contributed by atoms with Gasteiger partial charge in [-0.1, -0.05) is 12.1 Å². The number of pyridine rings is 1. The molecule has 0 radical (unpaired) electrons. The van der Waals surface area contributed by atoms with Crippen molar-refractivity contribution < 1.29 is 17.9 Å². The fourth-order valence-corrected chi connectivity index (χ4v) is 2.85. The van der Waals surface area contributed by atoms with Crippen LogP contribution in [0.5, 0.6) is 11.5 Å². The number of hydrogen-bond acceptors (Lipinski definition) is 4. The van der Waals surface area contributed by atoms with Crippen molar-refractivity contribution in [3.05, 3.63) is 102 Å². The second kappa shape index (κ2) is 8.16. The first-order valence-electron chi connectivity index (χ1n) is 9.00. The summed E-state index contributed by atoms with van der Waals surface area (Å²) in [6.45, 7) is 0. The maximum Gasteiger partial charge on any atom is 0.160 e. The number of halogens is 3. The SMILES string of the molecule is N/C(=C\Nc1ccc(F)c(F)c1)c1ccc2c(Oc3cccc(F)c3)cccc2n1. The number of benzene rings is 3. The van der Waals surface area contributed by atoms with Crippen molar-refractivity contribution >= 4 is 22.3 Å². The zero-order valence-electron chi connectivity index (χ0n) is 15.6. The summed E-state index contributed by atoms with van der Waals surface area (Å²) in [6, 6.07) is 18.2. The molecule has 1 aromatic heterocycles. The minimum atomic E-state index is -0.957. The lowest BCUT2D eigenvalue weighted by molar-refractivity contribution is 0.482. The van der Waals surface area contributed by atoms with Crippen molar-refractivity contribution in [2.75, 3.05) is 5.32 Å². The molecule has 1 heterocycles. The third kappa shape index (κ3) is 4.20. The predicted molar refractivity (Wildman–Crippen MR) is 110 cm³/mol. The molecule has 0 bridgehead atoms. The van der Waals surface area contributed by atoms with Gasteiger partial charge in [0.1, 0.15) is 17.3 Å². The standard InChI is InChI=1S/C23H16F3N3O/c24-14-3-1-4-16(11-14)30-23-6-2-5-21-17(23)8-10-22(29-21)20(27)13-28-15-7-9-18(25)19(26)12-15/h1-13,28H,27H2/b20-13-. The van der Waals surface area contributed by atoms with Crippen molar-refractivity contribution in [3.63, 3.8) is 0 Å². The zero-order valence-corrected chi connectivity index (χ0v) is 15.6. The zero-order chi connectivity index (χ0) is 21.1. The molecule has 0 aliphatic rings. The average molecular weight is 407 g/mol. The van der Waals surface area contributed by atoms with Crippen molar-refractivity contribution in [1.82, 2.24) is 4.98 Å². The van der Waals surface area contributed by atoms with Crippen LogP contribution in [-0.2, 0) is 0 Å². The molecule has 0 amide bonds. The summed E-state index contributed by atoms with van der Waals surface area (Å²) in [7, 11) is 0. The number of nitrogens with one attached hydrogen (secondary N) is 1. The van der Waals surface area contributed by atoms with E-state index in [4.69, 9.17) is 10.5 Å². The van der Waals surface area contributed by atoms with Gasteiger partial charge >= 0.3 is 0 Å². The molecule has 0 aliphatic heterocycles. The topological polar surface area (TPSA) is 60.2 Å². The Labute approximate surface area is 170 Å². The first-order chi connectivity index (χ1) is 14.5. The molecule has 0 unspecified atom stereocenters. The normalized spacial score (nSPS) is 11.5. The summed E-state index contributed by atoms with van der Waals surface area (Å²) in [6.07, 6.45) is 1.45. The van der Waals surface area contributed by atoms with Crippen LogP contribution in [0.15, 0.2) is 79.0 Å². The molecule has 4 nitrogen and oxygen atoms in total. The molecule has 3 N–H and O–H groups in total. The van der Waals surface area contributed by atoms with Gasteiger partial charge < -0.3 is 15.8 Å². The van der Waals surface area contributed by atoms with Crippen molar-refractivity contribution in [2.24, 2.45) is 5.73 Å². The highest BCUT2D eigenvalue weighted by molar-refractivity contribution is 5.86. The maximum absolute atomic E-state index is 13.4. The molecule has 0 fully saturated rings. The Kier molecular flexibility index (Phi) is 5.26. The minimum Gasteiger partial charge on any atom is -0.457 e. The van der Waals surface area contributed by atoms with Gasteiger partial charge in [-0.05, 0) is 48.5 Å². The van der Waals surface area contributed by atoms with Crippen LogP contribution in [-0.4, -0.2) is 4.98 Å². The number of hydrogen-bond donors (Lipinski definition) is 2. The van der Waals surface area contributed by atoms with E-state index in [9.17, 15) is 13.2 Å². The van der Waals surface area contributed by atoms with E-state index in [-0.39, 0.29) is 5.82 Å². The molecule has 0 atom stereocenters. The van der Waals surface area contributed by atoms with E-state index in [0.717, 1.165) is 17.5 Å². The third-order valence-electron chi connectivity index (χ3n) is 4.33. The molecule has 150 valence electrons. The number of aromatic nitrogens is 1. The van der Waals surface area contributed by atoms with Gasteiger partial charge in [0.15, 0.2) is 11.6 Å². The quantitative estimate of drug-likeness (QED) is 0.438. The first kappa shape index (κ1) is 19.3. The smallest absolute Gasteiger partial charge is 0.160 e. The molecule has 0 aliphatic carbocycles. The molecule has 30 heavy (non-hydrogen) atoms. The van der Waals surface area contributed by atoms with E-state index in [1.54, 1.807) is 42.5 Å². The molecule has 4 rings (SSSR count). The molecular formula is C23H16F3N3O. The lowest BCUT2D eigenvalue weighted by atomic mass is 10.1. The highest BCUT2D eigenvalue weighted by atomic mass is 19.2. The number of nitrogens with zero attached hydrogens (tertiary/aromatic N) is 1. The van der Waals surface area contributed by atoms with E-state index in [0.29, 0.717) is 34.1 Å². The lowest BCUT2D eigenvalue weighted by Gasteiger charge is -2.10. The Bertz CT molecular complexity index is 1260. The number of anilines is 1. The van der Waals surface area contributed by atoms with Gasteiger partial charge in [0, 0.05) is 29.4 Å². The summed E-state index contributed by atoms with van der Waals surface area (Å²) in [5.41, 5.74) is 7.85. The van der Waals surface area contributed by atoms with Gasteiger partial charge in [-0.3, -0.25) is 0 Å². The van der Waals surface area contributed by atoms with Crippen LogP contribution in [0, 0.1) is 17.5 Å². The summed E-state index contributed by atoms with van der Waals surface area (Å²) >= 11 is 0. The van der Waals surface area contributed by atoms with E-state index in [2.05, 4.69) is 10.3 Å². The Balaban J connectivity index is 1.59. The molecule has 4 aromatic rings. The van der Waals surface area contributed by atoms with Crippen LogP contribution in [0.2, 0.25) is 0 Å². The van der Waals surface area contributed by atoms with E-state index in [1.807, 2.05) is 0 Å². The molecule has 7 heteroatoms. The van der Waals surface area contributed by atoms with Crippen LogP contribution in [0.3, 0.4) is 0 Å². The van der Waals surface area contributed by atoms with Crippen LogP contribution >= 0.6 is 0 Å². The van der Waals surface area contributed by atoms with Crippen molar-refractivity contribution in [3.8, 4) is 11.5 Å². The van der Waals surface area contributed by atoms with Crippen molar-refractivity contribution in [2.45, 2.75) is 0 Å². The molecule has 0 saturated heterocycles. The minimum absolute atomic E-state index is 0.304. The van der Waals surface area contributed by atoms with Gasteiger partial charge in [-0.25, -0.2) is 18.2 Å². The summed E-state index contributed by atoms with van der Waals surface area (Å²) in [5, 5.41) is 3.54. The first-order valence-corrected chi connectivity index (χ1v) is 9.00. The number of fused-ring (bicyclic) bond motifs is 1. The van der Waals surface area contributed by atoms with E-state index < -0.39 is 11.6 Å². The predicted octanol–water partition coefficient (Wildman–Crippen LogP) is 5.81. The lowest BCUT2D eigenvalue weighted by Crippen LogP contribution is -2.03. The Hall–Kier alpha value is -4.00. The highest BCUT2D eigenvalue weighted by Crippen LogP contribution is 2.30. The average Bonchev–Trinajstić information content (AvgIpc) is 2.74. The number of nitrogens with two attached hydrogens (primary N) is 1. The summed E-state index contributed by atoms with van der Waals surface area (Å²) < 4.78 is 45.5. The Morgan fingerprint density at radius 2 is 1.73 bits per heavy atom. The second-order valence-corrected chi connectivity index (χ2v) is 6.45. The van der Waals surface area contributed by atoms with Crippen LogP contribution in [0.1, 0.15) is 5.69 Å². The van der Waals surface area contributed by atoms with Gasteiger partial charge in [0.2, 0.25) is 0 Å². The maximum atomic E-state index is 13.4. The fraction of sp³-hybridized carbons (Fsp3) is 0.